The van der Waals surface area contributed by atoms with Gasteiger partial charge in [-0.2, -0.15) is 0 Å². The number of benzene rings is 3. The van der Waals surface area contributed by atoms with Crippen molar-refractivity contribution in [3.8, 4) is 0 Å². The maximum Gasteiger partial charge on any atom is 0.261 e. The van der Waals surface area contributed by atoms with Gasteiger partial charge in [-0.1, -0.05) is 60.2 Å². The molecule has 4 aromatic rings. The van der Waals surface area contributed by atoms with Crippen LogP contribution in [0.25, 0.3) is 10.9 Å². The number of fused-ring (bicyclic) bond motifs is 3. The molecule has 138 valence electrons. The van der Waals surface area contributed by atoms with Crippen molar-refractivity contribution in [3.05, 3.63) is 111 Å². The molecule has 0 bridgehead atoms. The number of aryl methyl sites for hydroxylation is 2. The fraction of sp³-hybridized carbons (Fsp3) is 0.200. The van der Waals surface area contributed by atoms with Crippen LogP contribution in [0.1, 0.15) is 39.6 Å². The first kappa shape index (κ1) is 16.9. The smallest absolute Gasteiger partial charge is 0.261 e. The molecule has 1 unspecified atom stereocenters. The molecule has 2 heterocycles. The monoisotopic (exact) mass is 366 g/mol. The van der Waals surface area contributed by atoms with Gasteiger partial charge in [-0.25, -0.2) is 4.98 Å². The molecule has 0 N–H and O–H groups in total. The van der Waals surface area contributed by atoms with Crippen LogP contribution in [-0.4, -0.2) is 9.55 Å². The normalized spacial score (nSPS) is 15.3. The lowest BCUT2D eigenvalue weighted by Gasteiger charge is -2.29. The van der Waals surface area contributed by atoms with Crippen molar-refractivity contribution in [1.82, 2.24) is 9.55 Å². The molecular weight excluding hydrogens is 344 g/mol. The summed E-state index contributed by atoms with van der Waals surface area (Å²) in [5.41, 5.74) is 7.20. The van der Waals surface area contributed by atoms with Gasteiger partial charge in [0.2, 0.25) is 0 Å². The highest BCUT2D eigenvalue weighted by molar-refractivity contribution is 5.77. The summed E-state index contributed by atoms with van der Waals surface area (Å²) < 4.78 is 1.87. The van der Waals surface area contributed by atoms with Crippen LogP contribution in [-0.2, 0) is 13.0 Å². The van der Waals surface area contributed by atoms with E-state index in [0.717, 1.165) is 17.8 Å². The van der Waals surface area contributed by atoms with Crippen LogP contribution in [0.5, 0.6) is 0 Å². The number of nitrogens with zero attached hydrogens (tertiary/aromatic N) is 2. The Labute approximate surface area is 164 Å². The number of aromatic nitrogens is 2. The minimum Gasteiger partial charge on any atom is -0.291 e. The second-order valence-electron chi connectivity index (χ2n) is 7.76. The van der Waals surface area contributed by atoms with E-state index in [2.05, 4.69) is 56.3 Å². The molecule has 1 aliphatic rings. The maximum atomic E-state index is 13.2. The molecule has 0 aliphatic carbocycles. The highest BCUT2D eigenvalue weighted by Crippen LogP contribution is 2.35. The van der Waals surface area contributed by atoms with Crippen molar-refractivity contribution in [2.45, 2.75) is 32.7 Å². The molecule has 0 fully saturated rings. The summed E-state index contributed by atoms with van der Waals surface area (Å²) in [5.74, 6) is 0.950. The molecule has 3 heteroatoms. The third kappa shape index (κ3) is 2.66. The predicted octanol–water partition coefficient (Wildman–Crippen LogP) is 4.75. The Hall–Kier alpha value is -3.20. The van der Waals surface area contributed by atoms with Gasteiger partial charge >= 0.3 is 0 Å². The fourth-order valence-corrected chi connectivity index (χ4v) is 4.43. The van der Waals surface area contributed by atoms with Gasteiger partial charge < -0.3 is 0 Å². The van der Waals surface area contributed by atoms with Gasteiger partial charge in [0.15, 0.2) is 0 Å². The summed E-state index contributed by atoms with van der Waals surface area (Å²) in [6, 6.07) is 22.7. The SMILES string of the molecule is Cc1ccc(CC2c3ccccc3Cn3c2nc2ccccc2c3=O)c(C)c1. The van der Waals surface area contributed by atoms with Crippen LogP contribution in [0, 0.1) is 13.8 Å². The van der Waals surface area contributed by atoms with Gasteiger partial charge in [-0.3, -0.25) is 9.36 Å². The maximum absolute atomic E-state index is 13.2. The van der Waals surface area contributed by atoms with Crippen LogP contribution in [0.3, 0.4) is 0 Å². The highest BCUT2D eigenvalue weighted by atomic mass is 16.1. The van der Waals surface area contributed by atoms with Crippen molar-refractivity contribution in [2.24, 2.45) is 0 Å². The third-order valence-corrected chi connectivity index (χ3v) is 5.88. The molecule has 1 aliphatic heterocycles. The summed E-state index contributed by atoms with van der Waals surface area (Å²) in [7, 11) is 0. The summed E-state index contributed by atoms with van der Waals surface area (Å²) in [6.07, 6.45) is 0.841. The van der Waals surface area contributed by atoms with E-state index < -0.39 is 0 Å². The quantitative estimate of drug-likeness (QED) is 0.513. The molecule has 0 spiro atoms. The molecule has 5 rings (SSSR count). The number of hydrogen-bond acceptors (Lipinski definition) is 2. The van der Waals surface area contributed by atoms with Crippen molar-refractivity contribution in [1.29, 1.82) is 0 Å². The van der Waals surface area contributed by atoms with Crippen LogP contribution in [0.2, 0.25) is 0 Å². The molecule has 0 saturated heterocycles. The Bertz CT molecular complexity index is 1270. The van der Waals surface area contributed by atoms with E-state index in [1.165, 1.54) is 27.8 Å². The van der Waals surface area contributed by atoms with Crippen molar-refractivity contribution < 1.29 is 0 Å². The minimum absolute atomic E-state index is 0.0562. The first-order chi connectivity index (χ1) is 13.6. The van der Waals surface area contributed by atoms with Gasteiger partial charge in [-0.15, -0.1) is 0 Å². The van der Waals surface area contributed by atoms with Crippen molar-refractivity contribution in [3.63, 3.8) is 0 Å². The Balaban J connectivity index is 1.73. The lowest BCUT2D eigenvalue weighted by Crippen LogP contribution is -2.32. The largest absolute Gasteiger partial charge is 0.291 e. The molecule has 3 nitrogen and oxygen atoms in total. The Morgan fingerprint density at radius 3 is 2.64 bits per heavy atom. The topological polar surface area (TPSA) is 34.9 Å². The standard InChI is InChI=1S/C25H22N2O/c1-16-11-12-18(17(2)13-16)14-22-20-8-4-3-7-19(20)15-27-24(22)26-23-10-6-5-9-21(23)25(27)28/h3-13,22H,14-15H2,1-2H3. The molecule has 3 aromatic carbocycles. The van der Waals surface area contributed by atoms with E-state index in [-0.39, 0.29) is 11.5 Å². The Morgan fingerprint density at radius 2 is 1.79 bits per heavy atom. The van der Waals surface area contributed by atoms with E-state index in [1.807, 2.05) is 28.8 Å². The molecule has 0 saturated carbocycles. The van der Waals surface area contributed by atoms with Crippen molar-refractivity contribution >= 4 is 10.9 Å². The van der Waals surface area contributed by atoms with Gasteiger partial charge in [0, 0.05) is 5.92 Å². The minimum atomic E-state index is 0.0562. The fourth-order valence-electron chi connectivity index (χ4n) is 4.43. The van der Waals surface area contributed by atoms with Crippen LogP contribution >= 0.6 is 0 Å². The molecular formula is C25H22N2O. The molecule has 28 heavy (non-hydrogen) atoms. The summed E-state index contributed by atoms with van der Waals surface area (Å²) >= 11 is 0. The van der Waals surface area contributed by atoms with E-state index in [1.54, 1.807) is 0 Å². The van der Waals surface area contributed by atoms with Gasteiger partial charge in [0.05, 0.1) is 17.4 Å². The number of hydrogen-bond donors (Lipinski definition) is 0. The van der Waals surface area contributed by atoms with E-state index in [0.29, 0.717) is 11.9 Å². The van der Waals surface area contributed by atoms with Gasteiger partial charge in [0.1, 0.15) is 5.82 Å². The van der Waals surface area contributed by atoms with E-state index >= 15 is 0 Å². The van der Waals surface area contributed by atoms with Gasteiger partial charge in [-0.05, 0) is 54.7 Å². The average Bonchev–Trinajstić information content (AvgIpc) is 2.70. The number of para-hydroxylation sites is 1. The summed E-state index contributed by atoms with van der Waals surface area (Å²) in [5, 5.41) is 0.691. The zero-order valence-electron chi connectivity index (χ0n) is 16.1. The zero-order chi connectivity index (χ0) is 19.3. The van der Waals surface area contributed by atoms with Crippen LogP contribution < -0.4 is 5.56 Å². The molecule has 0 amide bonds. The zero-order valence-corrected chi connectivity index (χ0v) is 16.1. The lowest BCUT2D eigenvalue weighted by molar-refractivity contribution is 0.582. The second kappa shape index (κ2) is 6.45. The van der Waals surface area contributed by atoms with E-state index in [4.69, 9.17) is 4.98 Å². The predicted molar refractivity (Wildman–Crippen MR) is 113 cm³/mol. The molecule has 1 atom stereocenters. The molecule has 1 aromatic heterocycles. The number of rotatable bonds is 2. The lowest BCUT2D eigenvalue weighted by atomic mass is 9.84. The third-order valence-electron chi connectivity index (χ3n) is 5.88. The molecule has 0 radical (unpaired) electrons. The van der Waals surface area contributed by atoms with Gasteiger partial charge in [0.25, 0.3) is 5.56 Å². The average molecular weight is 366 g/mol. The highest BCUT2D eigenvalue weighted by Gasteiger charge is 2.29. The van der Waals surface area contributed by atoms with Crippen LogP contribution in [0.15, 0.2) is 71.5 Å². The Kier molecular flexibility index (Phi) is 3.90. The van der Waals surface area contributed by atoms with E-state index in [9.17, 15) is 4.79 Å². The first-order valence-electron chi connectivity index (χ1n) is 9.75. The Morgan fingerprint density at radius 1 is 1.00 bits per heavy atom. The van der Waals surface area contributed by atoms with Crippen LogP contribution in [0.4, 0.5) is 0 Å². The summed E-state index contributed by atoms with van der Waals surface area (Å²) in [4.78, 5) is 18.2. The summed E-state index contributed by atoms with van der Waals surface area (Å²) in [6.45, 7) is 4.87. The second-order valence-corrected chi connectivity index (χ2v) is 7.76. The van der Waals surface area contributed by atoms with Crippen molar-refractivity contribution in [2.75, 3.05) is 0 Å². The first-order valence-corrected chi connectivity index (χ1v) is 9.75.